The lowest BCUT2D eigenvalue weighted by Crippen LogP contribution is -2.34. The molecule has 2 aliphatic rings. The molecule has 0 unspecified atom stereocenters. The minimum atomic E-state index is 0.150. The number of nitrogens with zero attached hydrogens (tertiary/aromatic N) is 3. The van der Waals surface area contributed by atoms with E-state index in [0.717, 1.165) is 38.5 Å². The van der Waals surface area contributed by atoms with E-state index >= 15 is 0 Å². The topological polar surface area (TPSA) is 45.7 Å². The molecule has 0 spiro atoms. The van der Waals surface area contributed by atoms with Crippen molar-refractivity contribution in [3.05, 3.63) is 24.5 Å². The smallest absolute Gasteiger partial charge is 0.231 e. The van der Waals surface area contributed by atoms with E-state index < -0.39 is 0 Å². The van der Waals surface area contributed by atoms with E-state index in [4.69, 9.17) is 4.74 Å². The Kier molecular flexibility index (Phi) is 3.48. The van der Waals surface area contributed by atoms with E-state index in [1.165, 1.54) is 0 Å². The Balaban J connectivity index is 1.66. The summed E-state index contributed by atoms with van der Waals surface area (Å²) in [4.78, 5) is 20.8. The normalized spacial score (nSPS) is 27.0. The van der Waals surface area contributed by atoms with Crippen LogP contribution in [0.5, 0.6) is 0 Å². The van der Waals surface area contributed by atoms with E-state index in [2.05, 4.69) is 9.88 Å². The molecule has 0 saturated carbocycles. The molecular weight excluding hydrogens is 242 g/mol. The number of likely N-dealkylation sites (tertiary alicyclic amines) is 1. The van der Waals surface area contributed by atoms with Gasteiger partial charge in [-0.1, -0.05) is 0 Å². The molecule has 2 fully saturated rings. The van der Waals surface area contributed by atoms with E-state index in [0.29, 0.717) is 5.92 Å². The monoisotopic (exact) mass is 261 g/mol. The molecule has 1 aromatic heterocycles. The second kappa shape index (κ2) is 5.27. The number of pyridine rings is 1. The Bertz CT molecular complexity index is 451. The molecule has 19 heavy (non-hydrogen) atoms. The number of carbonyl (C=O) groups is 1. The zero-order valence-electron chi connectivity index (χ0n) is 11.2. The minimum absolute atomic E-state index is 0.150. The average Bonchev–Trinajstić information content (AvgIpc) is 2.97. The Hall–Kier alpha value is -1.46. The summed E-state index contributed by atoms with van der Waals surface area (Å²) in [6.07, 6.45) is 3.50. The van der Waals surface area contributed by atoms with E-state index in [9.17, 15) is 4.79 Å². The summed E-state index contributed by atoms with van der Waals surface area (Å²) in [5.74, 6) is 0.847. The summed E-state index contributed by atoms with van der Waals surface area (Å²) >= 11 is 0. The van der Waals surface area contributed by atoms with Crippen LogP contribution < -0.4 is 4.90 Å². The summed E-state index contributed by atoms with van der Waals surface area (Å²) in [6, 6.07) is 3.83. The molecule has 0 radical (unpaired) electrons. The summed E-state index contributed by atoms with van der Waals surface area (Å²) < 4.78 is 5.10. The molecule has 2 saturated heterocycles. The zero-order chi connectivity index (χ0) is 13.2. The number of rotatable bonds is 4. The van der Waals surface area contributed by atoms with Gasteiger partial charge < -0.3 is 9.64 Å². The molecule has 5 nitrogen and oxygen atoms in total. The second-order valence-corrected chi connectivity index (χ2v) is 5.28. The lowest BCUT2D eigenvalue weighted by Gasteiger charge is -2.21. The third kappa shape index (κ3) is 2.35. The van der Waals surface area contributed by atoms with Crippen LogP contribution in [0.25, 0.3) is 0 Å². The first-order valence-electron chi connectivity index (χ1n) is 6.72. The van der Waals surface area contributed by atoms with Crippen molar-refractivity contribution in [2.24, 2.45) is 11.8 Å². The van der Waals surface area contributed by atoms with Crippen molar-refractivity contribution in [2.45, 2.75) is 0 Å². The number of aromatic nitrogens is 1. The zero-order valence-corrected chi connectivity index (χ0v) is 11.2. The number of fused-ring (bicyclic) bond motifs is 1. The Labute approximate surface area is 113 Å². The molecule has 0 aliphatic carbocycles. The van der Waals surface area contributed by atoms with Crippen LogP contribution in [0.15, 0.2) is 24.5 Å². The van der Waals surface area contributed by atoms with Crippen LogP contribution in [-0.4, -0.2) is 55.7 Å². The molecule has 1 aromatic rings. The van der Waals surface area contributed by atoms with Crippen LogP contribution in [0.4, 0.5) is 5.69 Å². The van der Waals surface area contributed by atoms with Gasteiger partial charge in [-0.3, -0.25) is 14.7 Å². The van der Waals surface area contributed by atoms with Crippen molar-refractivity contribution in [1.82, 2.24) is 9.88 Å². The first kappa shape index (κ1) is 12.6. The minimum Gasteiger partial charge on any atom is -0.383 e. The Morgan fingerprint density at radius 1 is 1.42 bits per heavy atom. The second-order valence-electron chi connectivity index (χ2n) is 5.28. The maximum atomic E-state index is 12.4. The van der Waals surface area contributed by atoms with E-state index in [1.807, 2.05) is 17.0 Å². The molecule has 2 aliphatic heterocycles. The molecular formula is C14H19N3O2. The number of hydrogen-bond donors (Lipinski definition) is 0. The molecule has 3 heterocycles. The fourth-order valence-corrected chi connectivity index (χ4v) is 3.10. The van der Waals surface area contributed by atoms with Crippen LogP contribution in [0, 0.1) is 11.8 Å². The van der Waals surface area contributed by atoms with Gasteiger partial charge in [-0.05, 0) is 12.1 Å². The van der Waals surface area contributed by atoms with Crippen LogP contribution in [0.3, 0.4) is 0 Å². The molecule has 0 aromatic carbocycles. The number of ether oxygens (including phenoxy) is 1. The van der Waals surface area contributed by atoms with Crippen molar-refractivity contribution in [3.63, 3.8) is 0 Å². The molecule has 5 heteroatoms. The number of hydrogen-bond acceptors (Lipinski definition) is 4. The van der Waals surface area contributed by atoms with Crippen molar-refractivity contribution in [3.8, 4) is 0 Å². The first-order valence-corrected chi connectivity index (χ1v) is 6.72. The van der Waals surface area contributed by atoms with Gasteiger partial charge >= 0.3 is 0 Å². The van der Waals surface area contributed by atoms with Gasteiger partial charge in [0.1, 0.15) is 0 Å². The third-order valence-corrected chi connectivity index (χ3v) is 4.09. The van der Waals surface area contributed by atoms with Gasteiger partial charge in [0.15, 0.2) is 0 Å². The van der Waals surface area contributed by atoms with Gasteiger partial charge in [0.25, 0.3) is 0 Å². The molecule has 0 N–H and O–H groups in total. The highest BCUT2D eigenvalue weighted by Gasteiger charge is 2.46. The highest BCUT2D eigenvalue weighted by Crippen LogP contribution is 2.34. The third-order valence-electron chi connectivity index (χ3n) is 4.09. The largest absolute Gasteiger partial charge is 0.383 e. The van der Waals surface area contributed by atoms with Gasteiger partial charge in [-0.25, -0.2) is 0 Å². The Morgan fingerprint density at radius 3 is 3.00 bits per heavy atom. The number of carbonyl (C=O) groups excluding carboxylic acids is 1. The summed E-state index contributed by atoms with van der Waals surface area (Å²) in [5.41, 5.74) is 0.922. The van der Waals surface area contributed by atoms with Crippen molar-refractivity contribution < 1.29 is 9.53 Å². The number of anilines is 1. The lowest BCUT2D eigenvalue weighted by atomic mass is 10.0. The van der Waals surface area contributed by atoms with Gasteiger partial charge in [0.05, 0.1) is 24.4 Å². The van der Waals surface area contributed by atoms with E-state index in [-0.39, 0.29) is 11.8 Å². The predicted molar refractivity (Wildman–Crippen MR) is 71.9 cm³/mol. The Morgan fingerprint density at radius 2 is 2.32 bits per heavy atom. The maximum Gasteiger partial charge on any atom is 0.231 e. The number of amides is 1. The molecule has 1 amide bonds. The summed E-state index contributed by atoms with van der Waals surface area (Å²) in [7, 11) is 1.71. The molecule has 102 valence electrons. The summed E-state index contributed by atoms with van der Waals surface area (Å²) in [5, 5.41) is 0. The van der Waals surface area contributed by atoms with E-state index in [1.54, 1.807) is 19.5 Å². The fraction of sp³-hybridized carbons (Fsp3) is 0.571. The van der Waals surface area contributed by atoms with Crippen LogP contribution >= 0.6 is 0 Å². The molecule has 0 bridgehead atoms. The average molecular weight is 261 g/mol. The van der Waals surface area contributed by atoms with Crippen LogP contribution in [0.2, 0.25) is 0 Å². The van der Waals surface area contributed by atoms with Crippen LogP contribution in [0.1, 0.15) is 0 Å². The maximum absolute atomic E-state index is 12.4. The van der Waals surface area contributed by atoms with Gasteiger partial charge in [-0.2, -0.15) is 0 Å². The number of methoxy groups -OCH3 is 1. The van der Waals surface area contributed by atoms with Gasteiger partial charge in [-0.15, -0.1) is 0 Å². The quantitative estimate of drug-likeness (QED) is 0.797. The van der Waals surface area contributed by atoms with Gasteiger partial charge in [0.2, 0.25) is 5.91 Å². The lowest BCUT2D eigenvalue weighted by molar-refractivity contribution is -0.120. The van der Waals surface area contributed by atoms with Crippen molar-refractivity contribution >= 4 is 11.6 Å². The first-order chi connectivity index (χ1) is 9.29. The van der Waals surface area contributed by atoms with Gasteiger partial charge in [0, 0.05) is 45.4 Å². The molecule has 3 rings (SSSR count). The van der Waals surface area contributed by atoms with Crippen molar-refractivity contribution in [1.29, 1.82) is 0 Å². The standard InChI is InChI=1S/C14H19N3O2/c1-19-6-5-16-8-11-9-17(14(18)13(11)10-16)12-3-2-4-15-7-12/h2-4,7,11,13H,5-6,8-10H2,1H3/t11-,13-/m1/s1. The van der Waals surface area contributed by atoms with Crippen LogP contribution in [-0.2, 0) is 9.53 Å². The highest BCUT2D eigenvalue weighted by atomic mass is 16.5. The highest BCUT2D eigenvalue weighted by molar-refractivity contribution is 5.97. The molecule has 2 atom stereocenters. The van der Waals surface area contributed by atoms with Crippen molar-refractivity contribution in [2.75, 3.05) is 44.8 Å². The summed E-state index contributed by atoms with van der Waals surface area (Å²) in [6.45, 7) is 4.34. The SMILES string of the molecule is COCCN1C[C@@H]2CN(c3cccnc3)C(=O)[C@@H]2C1. The predicted octanol–water partition coefficient (Wildman–Crippen LogP) is 0.623. The fourth-order valence-electron chi connectivity index (χ4n) is 3.10.